The zero-order valence-electron chi connectivity index (χ0n) is 11.3. The Morgan fingerprint density at radius 3 is 2.30 bits per heavy atom. The van der Waals surface area contributed by atoms with Crippen molar-refractivity contribution in [2.45, 2.75) is 13.8 Å². The number of aliphatic imine (C=N–C) groups is 1. The van der Waals surface area contributed by atoms with Crippen LogP contribution in [0.15, 0.2) is 29.3 Å². The Morgan fingerprint density at radius 1 is 1.35 bits per heavy atom. The van der Waals surface area contributed by atoms with Gasteiger partial charge < -0.3 is 10.6 Å². The molecule has 1 aromatic rings. The van der Waals surface area contributed by atoms with E-state index in [4.69, 9.17) is 4.79 Å². The summed E-state index contributed by atoms with van der Waals surface area (Å²) in [5.41, 5.74) is 0.517. The molecule has 0 aliphatic heterocycles. The Balaban J connectivity index is 0.000000621. The number of anilines is 1. The molecular weight excluding hydrogens is 264 g/mol. The predicted molar refractivity (Wildman–Crippen MR) is 74.5 cm³/mol. The highest BCUT2D eigenvalue weighted by Crippen LogP contribution is 2.14. The third-order valence-corrected chi connectivity index (χ3v) is 1.90. The van der Waals surface area contributed by atoms with Crippen LogP contribution in [0.5, 0.6) is 0 Å². The minimum atomic E-state index is -0.490. The molecule has 0 saturated heterocycles. The minimum absolute atomic E-state index is 0.00329. The van der Waals surface area contributed by atoms with E-state index in [-0.39, 0.29) is 11.7 Å². The lowest BCUT2D eigenvalue weighted by molar-refractivity contribution is -0.384. The Bertz CT molecular complexity index is 481. The molecule has 1 aromatic carbocycles. The normalized spacial score (nSPS) is 8.50. The fourth-order valence-electron chi connectivity index (χ4n) is 1.07. The summed E-state index contributed by atoms with van der Waals surface area (Å²) < 4.78 is 0. The summed E-state index contributed by atoms with van der Waals surface area (Å²) in [4.78, 5) is 33.2. The molecule has 0 unspecified atom stereocenters. The summed E-state index contributed by atoms with van der Waals surface area (Å²) in [6.07, 6.45) is 1.39. The molecule has 1 rings (SSSR count). The van der Waals surface area contributed by atoms with Crippen LogP contribution in [0.3, 0.4) is 0 Å². The maximum Gasteiger partial charge on any atom is 0.319 e. The fourth-order valence-corrected chi connectivity index (χ4v) is 1.07. The van der Waals surface area contributed by atoms with E-state index in [0.29, 0.717) is 18.8 Å². The minimum Gasteiger partial charge on any atom is -0.338 e. The highest BCUT2D eigenvalue weighted by atomic mass is 16.6. The van der Waals surface area contributed by atoms with Gasteiger partial charge in [-0.3, -0.25) is 10.1 Å². The second-order valence-corrected chi connectivity index (χ2v) is 3.35. The average Bonchev–Trinajstić information content (AvgIpc) is 2.41. The predicted octanol–water partition coefficient (Wildman–Crippen LogP) is 2.08. The molecule has 0 spiro atoms. The van der Waals surface area contributed by atoms with Crippen LogP contribution in [0.4, 0.5) is 16.2 Å². The van der Waals surface area contributed by atoms with Gasteiger partial charge in [0.15, 0.2) is 0 Å². The molecule has 0 radical (unpaired) electrons. The van der Waals surface area contributed by atoms with Crippen molar-refractivity contribution in [3.05, 3.63) is 34.4 Å². The summed E-state index contributed by atoms with van der Waals surface area (Å²) in [6, 6.07) is 5.30. The standard InChI is InChI=1S/C9H11N3O3.C3H5NO/c1-2-10-9(13)11-7-3-5-8(6-4-7)12(14)15;1-2-4-3-5/h3-6H,2H2,1H3,(H2,10,11,13);2H2,1H3. The van der Waals surface area contributed by atoms with Crippen molar-refractivity contribution in [3.8, 4) is 0 Å². The third kappa shape index (κ3) is 7.57. The molecule has 0 saturated carbocycles. The largest absolute Gasteiger partial charge is 0.338 e. The Labute approximate surface area is 116 Å². The zero-order chi connectivity index (χ0) is 15.4. The number of non-ortho nitro benzene ring substituents is 1. The molecule has 0 aliphatic rings. The number of nitrogens with one attached hydrogen (secondary N) is 2. The number of urea groups is 1. The first-order valence-corrected chi connectivity index (χ1v) is 5.88. The highest BCUT2D eigenvalue weighted by molar-refractivity contribution is 5.89. The van der Waals surface area contributed by atoms with Crippen LogP contribution in [0, 0.1) is 10.1 Å². The van der Waals surface area contributed by atoms with Crippen molar-refractivity contribution in [1.82, 2.24) is 5.32 Å². The smallest absolute Gasteiger partial charge is 0.319 e. The number of carbonyl (C=O) groups is 1. The van der Waals surface area contributed by atoms with Crippen molar-refractivity contribution >= 4 is 23.5 Å². The number of nitrogens with zero attached hydrogens (tertiary/aromatic N) is 2. The van der Waals surface area contributed by atoms with Crippen LogP contribution in [-0.2, 0) is 4.79 Å². The van der Waals surface area contributed by atoms with Gasteiger partial charge in [0.05, 0.1) is 4.92 Å². The van der Waals surface area contributed by atoms with Crippen LogP contribution in [0.1, 0.15) is 13.8 Å². The molecule has 2 N–H and O–H groups in total. The maximum absolute atomic E-state index is 11.1. The molecule has 0 atom stereocenters. The van der Waals surface area contributed by atoms with E-state index < -0.39 is 4.92 Å². The Kier molecular flexibility index (Phi) is 8.82. The first kappa shape index (κ1) is 17.3. The fraction of sp³-hybridized carbons (Fsp3) is 0.333. The molecule has 0 aliphatic carbocycles. The number of hydrogen-bond donors (Lipinski definition) is 2. The van der Waals surface area contributed by atoms with Crippen LogP contribution >= 0.6 is 0 Å². The summed E-state index contributed by atoms with van der Waals surface area (Å²) in [6.45, 7) is 4.66. The number of hydrogen-bond acceptors (Lipinski definition) is 5. The van der Waals surface area contributed by atoms with E-state index in [0.717, 1.165) is 0 Å². The van der Waals surface area contributed by atoms with Gasteiger partial charge in [0.25, 0.3) is 5.69 Å². The van der Waals surface area contributed by atoms with Crippen molar-refractivity contribution < 1.29 is 14.5 Å². The van der Waals surface area contributed by atoms with Gasteiger partial charge in [0, 0.05) is 30.9 Å². The number of benzene rings is 1. The summed E-state index contributed by atoms with van der Waals surface area (Å²) in [7, 11) is 0. The molecule has 108 valence electrons. The second kappa shape index (κ2) is 10.2. The molecule has 8 nitrogen and oxygen atoms in total. The lowest BCUT2D eigenvalue weighted by Crippen LogP contribution is -2.28. The molecule has 8 heteroatoms. The summed E-state index contributed by atoms with van der Waals surface area (Å²) in [5.74, 6) is 0. The van der Waals surface area contributed by atoms with E-state index in [1.54, 1.807) is 13.8 Å². The maximum atomic E-state index is 11.1. The van der Waals surface area contributed by atoms with Gasteiger partial charge in [0.1, 0.15) is 0 Å². The van der Waals surface area contributed by atoms with Crippen molar-refractivity contribution in [3.63, 3.8) is 0 Å². The second-order valence-electron chi connectivity index (χ2n) is 3.35. The first-order valence-electron chi connectivity index (χ1n) is 5.88. The van der Waals surface area contributed by atoms with E-state index in [2.05, 4.69) is 15.6 Å². The van der Waals surface area contributed by atoms with Crippen LogP contribution in [0.2, 0.25) is 0 Å². The topological polar surface area (TPSA) is 114 Å². The van der Waals surface area contributed by atoms with Gasteiger partial charge in [-0.1, -0.05) is 0 Å². The van der Waals surface area contributed by atoms with Crippen molar-refractivity contribution in [2.75, 3.05) is 18.4 Å². The van der Waals surface area contributed by atoms with Crippen LogP contribution < -0.4 is 10.6 Å². The van der Waals surface area contributed by atoms with Gasteiger partial charge >= 0.3 is 6.03 Å². The summed E-state index contributed by atoms with van der Waals surface area (Å²) >= 11 is 0. The number of nitro groups is 1. The summed E-state index contributed by atoms with van der Waals surface area (Å²) in [5, 5.41) is 15.4. The molecule has 2 amide bonds. The highest BCUT2D eigenvalue weighted by Gasteiger charge is 2.05. The number of carbonyl (C=O) groups excluding carboxylic acids is 2. The van der Waals surface area contributed by atoms with E-state index in [1.165, 1.54) is 30.3 Å². The molecule has 0 bridgehead atoms. The van der Waals surface area contributed by atoms with Gasteiger partial charge in [0.2, 0.25) is 6.08 Å². The lowest BCUT2D eigenvalue weighted by Gasteiger charge is -2.04. The Morgan fingerprint density at radius 2 is 1.95 bits per heavy atom. The zero-order valence-corrected chi connectivity index (χ0v) is 11.3. The molecule has 0 aromatic heterocycles. The van der Waals surface area contributed by atoms with Crippen molar-refractivity contribution in [2.24, 2.45) is 4.99 Å². The molecule has 0 heterocycles. The third-order valence-electron chi connectivity index (χ3n) is 1.90. The lowest BCUT2D eigenvalue weighted by atomic mass is 10.3. The van der Waals surface area contributed by atoms with E-state index in [9.17, 15) is 14.9 Å². The Hall–Kier alpha value is -2.73. The van der Waals surface area contributed by atoms with Crippen molar-refractivity contribution in [1.29, 1.82) is 0 Å². The number of amides is 2. The van der Waals surface area contributed by atoms with Gasteiger partial charge in [-0.05, 0) is 26.0 Å². The van der Waals surface area contributed by atoms with Crippen LogP contribution in [-0.4, -0.2) is 30.1 Å². The monoisotopic (exact) mass is 280 g/mol. The quantitative estimate of drug-likeness (QED) is 0.380. The van der Waals surface area contributed by atoms with E-state index in [1.807, 2.05) is 0 Å². The molecule has 0 fully saturated rings. The average molecular weight is 280 g/mol. The SMILES string of the molecule is CCN=C=O.CCNC(=O)Nc1ccc([N+](=O)[O-])cc1. The molecule has 20 heavy (non-hydrogen) atoms. The van der Waals surface area contributed by atoms with Crippen LogP contribution in [0.25, 0.3) is 0 Å². The van der Waals surface area contributed by atoms with E-state index >= 15 is 0 Å². The van der Waals surface area contributed by atoms with Gasteiger partial charge in [-0.25, -0.2) is 14.6 Å². The van der Waals surface area contributed by atoms with Gasteiger partial charge in [-0.2, -0.15) is 0 Å². The van der Waals surface area contributed by atoms with Gasteiger partial charge in [-0.15, -0.1) is 0 Å². The molecular formula is C12H16N4O4. The number of rotatable bonds is 4. The first-order chi connectivity index (χ1) is 9.54. The number of isocyanates is 1. The number of nitro benzene ring substituents is 1.